The summed E-state index contributed by atoms with van der Waals surface area (Å²) in [6.45, 7) is 3.52. The van der Waals surface area contributed by atoms with Crippen molar-refractivity contribution in [3.8, 4) is 0 Å². The lowest BCUT2D eigenvalue weighted by Crippen LogP contribution is -2.41. The van der Waals surface area contributed by atoms with Crippen molar-refractivity contribution in [2.24, 2.45) is 0 Å². The van der Waals surface area contributed by atoms with E-state index >= 15 is 0 Å². The second kappa shape index (κ2) is 6.40. The first-order chi connectivity index (χ1) is 11.1. The average Bonchev–Trinajstić information content (AvgIpc) is 3.00. The van der Waals surface area contributed by atoms with Gasteiger partial charge in [-0.1, -0.05) is 0 Å². The third-order valence-electron chi connectivity index (χ3n) is 4.38. The Morgan fingerprint density at radius 1 is 1.30 bits per heavy atom. The van der Waals surface area contributed by atoms with E-state index in [4.69, 9.17) is 0 Å². The summed E-state index contributed by atoms with van der Waals surface area (Å²) >= 11 is 0. The summed E-state index contributed by atoms with van der Waals surface area (Å²) in [6, 6.07) is 3.98. The molecule has 1 amide bonds. The number of anilines is 1. The van der Waals surface area contributed by atoms with Crippen molar-refractivity contribution in [2.75, 3.05) is 32.1 Å². The van der Waals surface area contributed by atoms with Crippen LogP contribution in [-0.4, -0.2) is 52.5 Å². The van der Waals surface area contributed by atoms with Crippen LogP contribution < -0.4 is 4.90 Å². The fourth-order valence-corrected chi connectivity index (χ4v) is 3.23. The molecule has 1 aliphatic heterocycles. The largest absolute Gasteiger partial charge is 0.362 e. The summed E-state index contributed by atoms with van der Waals surface area (Å²) in [7, 11) is 3.82. The maximum atomic E-state index is 13.0. The Labute approximate surface area is 136 Å². The molecule has 1 fully saturated rings. The molecule has 0 unspecified atom stereocenters. The molecule has 23 heavy (non-hydrogen) atoms. The molecular formula is C17H23N5O. The van der Waals surface area contributed by atoms with Crippen molar-refractivity contribution in [3.05, 3.63) is 42.1 Å². The highest BCUT2D eigenvalue weighted by atomic mass is 16.2. The Bertz CT molecular complexity index is 694. The van der Waals surface area contributed by atoms with Crippen LogP contribution in [0.5, 0.6) is 0 Å². The standard InChI is InChI=1S/C17H23N5O/c1-13-18-9-11-22(13)14-6-5-10-21(12-14)17(23)15-7-4-8-19-16(15)20(2)3/h4,7-9,11,14H,5-6,10,12H2,1-3H3/t14-/m0/s1. The van der Waals surface area contributed by atoms with Crippen molar-refractivity contribution >= 4 is 11.7 Å². The van der Waals surface area contributed by atoms with Gasteiger partial charge in [0.15, 0.2) is 0 Å². The zero-order valence-electron chi connectivity index (χ0n) is 13.9. The van der Waals surface area contributed by atoms with Gasteiger partial charge in [-0.2, -0.15) is 0 Å². The first kappa shape index (κ1) is 15.5. The number of imidazole rings is 1. The molecule has 0 spiro atoms. The van der Waals surface area contributed by atoms with E-state index in [1.807, 2.05) is 55.3 Å². The predicted molar refractivity (Wildman–Crippen MR) is 89.7 cm³/mol. The topological polar surface area (TPSA) is 54.3 Å². The summed E-state index contributed by atoms with van der Waals surface area (Å²) < 4.78 is 2.18. The Kier molecular flexibility index (Phi) is 4.32. The van der Waals surface area contributed by atoms with Crippen LogP contribution in [0.15, 0.2) is 30.7 Å². The van der Waals surface area contributed by atoms with Gasteiger partial charge in [0.05, 0.1) is 11.6 Å². The van der Waals surface area contributed by atoms with Gasteiger partial charge >= 0.3 is 0 Å². The smallest absolute Gasteiger partial charge is 0.257 e. The molecule has 1 saturated heterocycles. The lowest BCUT2D eigenvalue weighted by atomic mass is 10.0. The van der Waals surface area contributed by atoms with Gasteiger partial charge in [0.1, 0.15) is 11.6 Å². The number of hydrogen-bond donors (Lipinski definition) is 0. The van der Waals surface area contributed by atoms with Gasteiger partial charge in [0.25, 0.3) is 5.91 Å². The molecular weight excluding hydrogens is 290 g/mol. The van der Waals surface area contributed by atoms with Crippen LogP contribution in [0.2, 0.25) is 0 Å². The third kappa shape index (κ3) is 3.06. The lowest BCUT2D eigenvalue weighted by Gasteiger charge is -2.34. The molecule has 1 atom stereocenters. The van der Waals surface area contributed by atoms with E-state index in [0.29, 0.717) is 11.6 Å². The fourth-order valence-electron chi connectivity index (χ4n) is 3.23. The zero-order valence-corrected chi connectivity index (χ0v) is 13.9. The summed E-state index contributed by atoms with van der Waals surface area (Å²) in [5, 5.41) is 0. The molecule has 2 aromatic rings. The number of pyridine rings is 1. The highest BCUT2D eigenvalue weighted by Gasteiger charge is 2.27. The molecule has 3 heterocycles. The molecule has 0 aromatic carbocycles. The predicted octanol–water partition coefficient (Wildman–Crippen LogP) is 2.13. The van der Waals surface area contributed by atoms with E-state index in [-0.39, 0.29) is 5.91 Å². The number of carbonyl (C=O) groups excluding carboxylic acids is 1. The van der Waals surface area contributed by atoms with Gasteiger partial charge in [-0.25, -0.2) is 9.97 Å². The number of aryl methyl sites for hydroxylation is 1. The van der Waals surface area contributed by atoms with Gasteiger partial charge in [-0.15, -0.1) is 0 Å². The molecule has 3 rings (SSSR count). The lowest BCUT2D eigenvalue weighted by molar-refractivity contribution is 0.0678. The Hall–Kier alpha value is -2.37. The van der Waals surface area contributed by atoms with Crippen molar-refractivity contribution < 1.29 is 4.79 Å². The highest BCUT2D eigenvalue weighted by Crippen LogP contribution is 2.25. The summed E-state index contributed by atoms with van der Waals surface area (Å²) in [6.07, 6.45) is 7.63. The summed E-state index contributed by atoms with van der Waals surface area (Å²) in [4.78, 5) is 25.4. The van der Waals surface area contributed by atoms with Gasteiger partial charge in [0.2, 0.25) is 0 Å². The maximum Gasteiger partial charge on any atom is 0.257 e. The number of amides is 1. The number of aromatic nitrogens is 3. The van der Waals surface area contributed by atoms with Gasteiger partial charge in [-0.3, -0.25) is 4.79 Å². The van der Waals surface area contributed by atoms with E-state index in [1.54, 1.807) is 6.20 Å². The third-order valence-corrected chi connectivity index (χ3v) is 4.38. The molecule has 6 heteroatoms. The van der Waals surface area contributed by atoms with Crippen LogP contribution in [0.3, 0.4) is 0 Å². The van der Waals surface area contributed by atoms with Crippen LogP contribution in [-0.2, 0) is 0 Å². The number of likely N-dealkylation sites (tertiary alicyclic amines) is 1. The molecule has 0 radical (unpaired) electrons. The van der Waals surface area contributed by atoms with Crippen LogP contribution in [0.1, 0.15) is 35.1 Å². The Balaban J connectivity index is 1.82. The molecule has 6 nitrogen and oxygen atoms in total. The van der Waals surface area contributed by atoms with Crippen molar-refractivity contribution in [2.45, 2.75) is 25.8 Å². The monoisotopic (exact) mass is 313 g/mol. The molecule has 2 aromatic heterocycles. The Morgan fingerprint density at radius 2 is 2.13 bits per heavy atom. The minimum atomic E-state index is 0.0595. The fraction of sp³-hybridized carbons (Fsp3) is 0.471. The van der Waals surface area contributed by atoms with E-state index in [2.05, 4.69) is 14.5 Å². The quantitative estimate of drug-likeness (QED) is 0.871. The minimum absolute atomic E-state index is 0.0595. The highest BCUT2D eigenvalue weighted by molar-refractivity contribution is 5.98. The average molecular weight is 313 g/mol. The first-order valence-corrected chi connectivity index (χ1v) is 7.99. The first-order valence-electron chi connectivity index (χ1n) is 7.99. The number of nitrogens with zero attached hydrogens (tertiary/aromatic N) is 5. The van der Waals surface area contributed by atoms with E-state index in [1.165, 1.54) is 0 Å². The summed E-state index contributed by atoms with van der Waals surface area (Å²) in [5.41, 5.74) is 0.667. The van der Waals surface area contributed by atoms with Crippen molar-refractivity contribution in [1.29, 1.82) is 0 Å². The number of piperidine rings is 1. The van der Waals surface area contributed by atoms with Gasteiger partial charge in [-0.05, 0) is 31.9 Å². The maximum absolute atomic E-state index is 13.0. The van der Waals surface area contributed by atoms with E-state index in [0.717, 1.165) is 37.6 Å². The molecule has 1 aliphatic rings. The van der Waals surface area contributed by atoms with Crippen LogP contribution in [0.25, 0.3) is 0 Å². The van der Waals surface area contributed by atoms with Crippen LogP contribution >= 0.6 is 0 Å². The van der Waals surface area contributed by atoms with Crippen LogP contribution in [0.4, 0.5) is 5.82 Å². The minimum Gasteiger partial charge on any atom is -0.362 e. The van der Waals surface area contributed by atoms with Crippen LogP contribution in [0, 0.1) is 6.92 Å². The van der Waals surface area contributed by atoms with E-state index in [9.17, 15) is 4.79 Å². The number of rotatable bonds is 3. The molecule has 0 bridgehead atoms. The zero-order chi connectivity index (χ0) is 16.4. The van der Waals surface area contributed by atoms with Gasteiger partial charge in [0, 0.05) is 45.8 Å². The molecule has 0 aliphatic carbocycles. The molecule has 122 valence electrons. The number of carbonyl (C=O) groups is 1. The van der Waals surface area contributed by atoms with E-state index < -0.39 is 0 Å². The SMILES string of the molecule is Cc1nccn1[C@H]1CCCN(C(=O)c2cccnc2N(C)C)C1. The normalized spacial score (nSPS) is 18.0. The second-order valence-electron chi connectivity index (χ2n) is 6.20. The molecule has 0 saturated carbocycles. The van der Waals surface area contributed by atoms with Crippen molar-refractivity contribution in [1.82, 2.24) is 19.4 Å². The van der Waals surface area contributed by atoms with Crippen molar-refractivity contribution in [3.63, 3.8) is 0 Å². The number of hydrogen-bond acceptors (Lipinski definition) is 4. The second-order valence-corrected chi connectivity index (χ2v) is 6.20. The Morgan fingerprint density at radius 3 is 2.83 bits per heavy atom. The summed E-state index contributed by atoms with van der Waals surface area (Å²) in [5.74, 6) is 1.78. The molecule has 0 N–H and O–H groups in total. The van der Waals surface area contributed by atoms with Gasteiger partial charge < -0.3 is 14.4 Å².